The number of benzene rings is 1. The van der Waals surface area contributed by atoms with Crippen LogP contribution in [0.5, 0.6) is 5.75 Å². The van der Waals surface area contributed by atoms with E-state index < -0.39 is 17.6 Å². The Morgan fingerprint density at radius 2 is 1.90 bits per heavy atom. The molecule has 0 unspecified atom stereocenters. The number of halogens is 2. The van der Waals surface area contributed by atoms with E-state index in [1.807, 2.05) is 32.1 Å². The Morgan fingerprint density at radius 1 is 1.21 bits per heavy atom. The lowest BCUT2D eigenvalue weighted by Crippen LogP contribution is -2.53. The van der Waals surface area contributed by atoms with Crippen molar-refractivity contribution in [2.24, 2.45) is 5.92 Å². The summed E-state index contributed by atoms with van der Waals surface area (Å²) < 4.78 is 23.9. The van der Waals surface area contributed by atoms with E-state index in [2.05, 4.69) is 20.1 Å². The number of ether oxygens (including phenoxy) is 1. The largest absolute Gasteiger partial charge is 0.490 e. The summed E-state index contributed by atoms with van der Waals surface area (Å²) in [7, 11) is 0. The van der Waals surface area contributed by atoms with Crippen LogP contribution in [0.25, 0.3) is 5.52 Å². The number of anilines is 1. The van der Waals surface area contributed by atoms with Gasteiger partial charge in [0.2, 0.25) is 0 Å². The van der Waals surface area contributed by atoms with Crippen LogP contribution in [-0.2, 0) is 0 Å². The van der Waals surface area contributed by atoms with Gasteiger partial charge in [0.25, 0.3) is 5.91 Å². The Labute approximate surface area is 251 Å². The minimum atomic E-state index is -0.775. The van der Waals surface area contributed by atoms with E-state index in [1.54, 1.807) is 18.5 Å². The van der Waals surface area contributed by atoms with E-state index in [1.165, 1.54) is 19.4 Å². The van der Waals surface area contributed by atoms with Gasteiger partial charge in [-0.2, -0.15) is 0 Å². The number of piperazine rings is 1. The number of rotatable bonds is 10. The molecule has 0 radical (unpaired) electrons. The second-order valence-electron chi connectivity index (χ2n) is 12.7. The number of amides is 1. The molecule has 3 aromatic rings. The molecule has 1 aliphatic heterocycles. The van der Waals surface area contributed by atoms with E-state index in [0.717, 1.165) is 57.2 Å². The quantitative estimate of drug-likeness (QED) is 0.351. The minimum Gasteiger partial charge on any atom is -0.490 e. The monoisotopic (exact) mass is 597 g/mol. The number of nitrogens with zero attached hydrogens (tertiary/aromatic N) is 5. The van der Waals surface area contributed by atoms with Gasteiger partial charge in [0.15, 0.2) is 5.82 Å². The number of hydrogen-bond donors (Lipinski definition) is 2. The molecular weight excluding hydrogens is 557 g/mol. The Bertz CT molecular complexity index is 1490. The molecular formula is C31H41ClFN7O2. The highest BCUT2D eigenvalue weighted by molar-refractivity contribution is 6.31. The maximum atomic E-state index is 15.8. The first-order chi connectivity index (χ1) is 20.0. The summed E-state index contributed by atoms with van der Waals surface area (Å²) in [5.41, 5.74) is 7.64. The summed E-state index contributed by atoms with van der Waals surface area (Å²) in [4.78, 5) is 27.9. The van der Waals surface area contributed by atoms with E-state index >= 15 is 4.39 Å². The van der Waals surface area contributed by atoms with E-state index in [-0.39, 0.29) is 28.0 Å². The smallest absolute Gasteiger partial charge is 0.258 e. The number of fused-ring (bicyclic) bond motifs is 1. The summed E-state index contributed by atoms with van der Waals surface area (Å²) in [6.07, 6.45) is 7.56. The number of nitrogen functional groups attached to an aromatic ring is 1. The van der Waals surface area contributed by atoms with Crippen LogP contribution in [0.1, 0.15) is 79.8 Å². The summed E-state index contributed by atoms with van der Waals surface area (Å²) in [5, 5.41) is 3.06. The van der Waals surface area contributed by atoms with Gasteiger partial charge in [-0.15, -0.1) is 0 Å². The van der Waals surface area contributed by atoms with Gasteiger partial charge in [0.05, 0.1) is 22.4 Å². The Kier molecular flexibility index (Phi) is 7.82. The molecule has 226 valence electrons. The van der Waals surface area contributed by atoms with Gasteiger partial charge in [-0.05, 0) is 58.4 Å². The van der Waals surface area contributed by atoms with Crippen molar-refractivity contribution in [2.75, 3.05) is 45.0 Å². The lowest BCUT2D eigenvalue weighted by Gasteiger charge is -2.37. The van der Waals surface area contributed by atoms with Gasteiger partial charge < -0.3 is 20.7 Å². The second kappa shape index (κ2) is 11.3. The summed E-state index contributed by atoms with van der Waals surface area (Å²) in [6, 6.07) is 1.55. The summed E-state index contributed by atoms with van der Waals surface area (Å²) >= 11 is 6.47. The average molecular weight is 598 g/mol. The van der Waals surface area contributed by atoms with Crippen molar-refractivity contribution in [3.8, 4) is 5.75 Å². The molecule has 2 aromatic heterocycles. The van der Waals surface area contributed by atoms with E-state index in [9.17, 15) is 4.79 Å². The van der Waals surface area contributed by atoms with Gasteiger partial charge >= 0.3 is 0 Å². The van der Waals surface area contributed by atoms with Crippen molar-refractivity contribution in [1.29, 1.82) is 0 Å². The molecule has 9 nitrogen and oxygen atoms in total. The molecule has 1 aromatic carbocycles. The summed E-state index contributed by atoms with van der Waals surface area (Å²) in [5.74, 6) is 0.449. The van der Waals surface area contributed by atoms with Gasteiger partial charge in [0, 0.05) is 63.1 Å². The topological polar surface area (TPSA) is 101 Å². The van der Waals surface area contributed by atoms with Crippen LogP contribution in [0.3, 0.4) is 0 Å². The van der Waals surface area contributed by atoms with E-state index in [4.69, 9.17) is 27.1 Å². The Hall–Kier alpha value is -2.95. The van der Waals surface area contributed by atoms with Crippen LogP contribution in [-0.4, -0.2) is 81.0 Å². The fraction of sp³-hybridized carbons (Fsp3) is 0.581. The molecule has 42 heavy (non-hydrogen) atoms. The molecule has 0 spiro atoms. The number of imidazole rings is 1. The van der Waals surface area contributed by atoms with Crippen molar-refractivity contribution < 1.29 is 13.9 Å². The predicted molar refractivity (Wildman–Crippen MR) is 162 cm³/mol. The van der Waals surface area contributed by atoms with Crippen molar-refractivity contribution >= 4 is 28.8 Å². The highest BCUT2D eigenvalue weighted by atomic mass is 35.5. The maximum Gasteiger partial charge on any atom is 0.258 e. The number of hydrogen-bond acceptors (Lipinski definition) is 7. The fourth-order valence-corrected chi connectivity index (χ4v) is 6.44. The molecule has 11 heteroatoms. The van der Waals surface area contributed by atoms with Crippen molar-refractivity contribution in [3.05, 3.63) is 51.9 Å². The molecule has 2 aliphatic carbocycles. The Morgan fingerprint density at radius 3 is 2.55 bits per heavy atom. The van der Waals surface area contributed by atoms with Crippen LogP contribution < -0.4 is 15.8 Å². The van der Waals surface area contributed by atoms with Gasteiger partial charge in [-0.3, -0.25) is 14.1 Å². The number of aryl methyl sites for hydroxylation is 1. The fourth-order valence-electron chi connectivity index (χ4n) is 6.23. The predicted octanol–water partition coefficient (Wildman–Crippen LogP) is 4.64. The molecule has 0 bridgehead atoms. The standard InChI is InChI=1S/C31H41ClFN7O2/c1-18(2)42-27-22(19(3)29-36-20(4)26-28(34)35-9-10-40(26)29)15-23(32)25(33)24(27)30(41)37-31(7-8-31)17-39-13-11-38(12-14-39)16-21-5-6-21/h9-10,15,18-19,21H,5-8,11-14,16-17H2,1-4H3,(H2,34,35)(H,37,41)/t19-/m0/s1. The van der Waals surface area contributed by atoms with Gasteiger partial charge in [-0.1, -0.05) is 18.5 Å². The zero-order chi connectivity index (χ0) is 29.8. The maximum absolute atomic E-state index is 15.8. The Balaban J connectivity index is 1.28. The minimum absolute atomic E-state index is 0.131. The van der Waals surface area contributed by atoms with Crippen LogP contribution in [0.15, 0.2) is 18.5 Å². The number of carbonyl (C=O) groups is 1. The third kappa shape index (κ3) is 5.81. The highest BCUT2D eigenvalue weighted by Crippen LogP contribution is 2.42. The lowest BCUT2D eigenvalue weighted by molar-refractivity contribution is 0.0869. The lowest BCUT2D eigenvalue weighted by atomic mass is 9.95. The second-order valence-corrected chi connectivity index (χ2v) is 13.1. The number of nitrogens with two attached hydrogens (primary N) is 1. The van der Waals surface area contributed by atoms with E-state index in [0.29, 0.717) is 22.7 Å². The van der Waals surface area contributed by atoms with Gasteiger partial charge in [-0.25, -0.2) is 14.4 Å². The van der Waals surface area contributed by atoms with Crippen LogP contribution in [0, 0.1) is 18.7 Å². The summed E-state index contributed by atoms with van der Waals surface area (Å²) in [6.45, 7) is 13.6. The first-order valence-corrected chi connectivity index (χ1v) is 15.5. The molecule has 3 fully saturated rings. The van der Waals surface area contributed by atoms with Crippen molar-refractivity contribution in [3.63, 3.8) is 0 Å². The normalized spacial score (nSPS) is 19.8. The SMILES string of the molecule is Cc1nc([C@@H](C)c2cc(Cl)c(F)c(C(=O)NC3(CN4CCN(CC5CC5)CC4)CC3)c2OC(C)C)n2ccnc(N)c12. The number of carbonyl (C=O) groups excluding carboxylic acids is 1. The average Bonchev–Trinajstić information content (AvgIpc) is 3.87. The molecule has 6 rings (SSSR count). The van der Waals surface area contributed by atoms with Gasteiger partial charge in [0.1, 0.15) is 28.5 Å². The molecule has 3 N–H and O–H groups in total. The third-order valence-electron chi connectivity index (χ3n) is 8.86. The zero-order valence-corrected chi connectivity index (χ0v) is 25.7. The van der Waals surface area contributed by atoms with Crippen LogP contribution >= 0.6 is 11.6 Å². The van der Waals surface area contributed by atoms with Crippen LogP contribution in [0.4, 0.5) is 10.2 Å². The molecule has 3 heterocycles. The van der Waals surface area contributed by atoms with Crippen molar-refractivity contribution in [1.82, 2.24) is 29.5 Å². The molecule has 3 aliphatic rings. The first-order valence-electron chi connectivity index (χ1n) is 15.1. The molecule has 1 saturated heterocycles. The molecule has 1 amide bonds. The molecule has 2 saturated carbocycles. The third-order valence-corrected chi connectivity index (χ3v) is 9.13. The number of nitrogens with one attached hydrogen (secondary N) is 1. The molecule has 1 atom stereocenters. The van der Waals surface area contributed by atoms with Crippen molar-refractivity contribution in [2.45, 2.75) is 70.9 Å². The zero-order valence-electron chi connectivity index (χ0n) is 24.9. The van der Waals surface area contributed by atoms with Crippen LogP contribution in [0.2, 0.25) is 5.02 Å². The first kappa shape index (κ1) is 29.1. The number of aromatic nitrogens is 3. The highest BCUT2D eigenvalue weighted by Gasteiger charge is 2.46.